The predicted octanol–water partition coefficient (Wildman–Crippen LogP) is 2.58. The van der Waals surface area contributed by atoms with Crippen LogP contribution in [0.4, 0.5) is 0 Å². The molecule has 1 N–H and O–H groups in total. The summed E-state index contributed by atoms with van der Waals surface area (Å²) >= 11 is 0. The van der Waals surface area contributed by atoms with Crippen LogP contribution < -0.4 is 5.32 Å². The van der Waals surface area contributed by atoms with Crippen molar-refractivity contribution in [2.24, 2.45) is 0 Å². The van der Waals surface area contributed by atoms with Gasteiger partial charge in [0.2, 0.25) is 0 Å². The normalized spacial score (nSPS) is 12.4. The molecule has 1 aromatic rings. The zero-order valence-corrected chi connectivity index (χ0v) is 11.4. The second-order valence-electron chi connectivity index (χ2n) is 4.38. The second-order valence-corrected chi connectivity index (χ2v) is 4.38. The third-order valence-electron chi connectivity index (χ3n) is 3.12. The first-order valence-corrected chi connectivity index (χ1v) is 6.32. The number of terminal acetylenes is 1. The molecule has 17 heavy (non-hydrogen) atoms. The van der Waals surface area contributed by atoms with Gasteiger partial charge in [-0.1, -0.05) is 0 Å². The van der Waals surface area contributed by atoms with Gasteiger partial charge in [0.1, 0.15) is 0 Å². The molecule has 3 heteroatoms. The maximum Gasteiger partial charge on any atom is 0.0644 e. The van der Waals surface area contributed by atoms with Crippen LogP contribution in [0, 0.1) is 26.2 Å². The average molecular weight is 233 g/mol. The minimum absolute atomic E-state index is 0.341. The molecule has 3 nitrogen and oxygen atoms in total. The van der Waals surface area contributed by atoms with Gasteiger partial charge in [-0.15, -0.1) is 12.3 Å². The molecule has 1 unspecified atom stereocenters. The van der Waals surface area contributed by atoms with Gasteiger partial charge in [0.25, 0.3) is 0 Å². The first-order chi connectivity index (χ1) is 8.11. The summed E-state index contributed by atoms with van der Waals surface area (Å²) < 4.78 is 2.06. The van der Waals surface area contributed by atoms with Crippen LogP contribution in [0.5, 0.6) is 0 Å². The van der Waals surface area contributed by atoms with Gasteiger partial charge in [-0.3, -0.25) is 4.68 Å². The summed E-state index contributed by atoms with van der Waals surface area (Å²) in [4.78, 5) is 0. The molecule has 0 amide bonds. The topological polar surface area (TPSA) is 29.9 Å². The molecule has 1 rings (SSSR count). The first kappa shape index (κ1) is 13.8. The van der Waals surface area contributed by atoms with Gasteiger partial charge in [0.05, 0.1) is 5.69 Å². The molecular weight excluding hydrogens is 210 g/mol. The summed E-state index contributed by atoms with van der Waals surface area (Å²) in [5, 5.41) is 8.04. The Morgan fingerprint density at radius 2 is 2.18 bits per heavy atom. The molecule has 1 aromatic heterocycles. The van der Waals surface area contributed by atoms with E-state index in [0.29, 0.717) is 6.04 Å². The second kappa shape index (κ2) is 6.46. The maximum absolute atomic E-state index is 5.23. The van der Waals surface area contributed by atoms with Gasteiger partial charge in [-0.2, -0.15) is 5.10 Å². The van der Waals surface area contributed by atoms with Crippen LogP contribution in [-0.4, -0.2) is 16.3 Å². The molecule has 0 bridgehead atoms. The molecule has 0 aromatic carbocycles. The van der Waals surface area contributed by atoms with Crippen LogP contribution in [-0.2, 0) is 6.54 Å². The molecule has 0 radical (unpaired) electrons. The number of rotatable bonds is 6. The summed E-state index contributed by atoms with van der Waals surface area (Å²) in [5.74, 6) is 2.66. The lowest BCUT2D eigenvalue weighted by molar-refractivity contribution is 0.556. The molecule has 0 aliphatic carbocycles. The third-order valence-corrected chi connectivity index (χ3v) is 3.12. The van der Waals surface area contributed by atoms with Crippen molar-refractivity contribution < 1.29 is 0 Å². The minimum Gasteiger partial charge on any atom is -0.310 e. The van der Waals surface area contributed by atoms with Crippen molar-refractivity contribution in [2.75, 3.05) is 6.54 Å². The summed E-state index contributed by atoms with van der Waals surface area (Å²) in [7, 11) is 0. The van der Waals surface area contributed by atoms with E-state index in [4.69, 9.17) is 6.42 Å². The molecule has 0 saturated carbocycles. The number of aromatic nitrogens is 2. The van der Waals surface area contributed by atoms with Crippen molar-refractivity contribution in [3.05, 3.63) is 17.0 Å². The van der Waals surface area contributed by atoms with E-state index in [1.165, 1.54) is 11.3 Å². The molecule has 1 atom stereocenters. The van der Waals surface area contributed by atoms with Gasteiger partial charge in [-0.25, -0.2) is 0 Å². The number of nitrogens with one attached hydrogen (secondary N) is 1. The van der Waals surface area contributed by atoms with Crippen LogP contribution in [0.25, 0.3) is 0 Å². The monoisotopic (exact) mass is 233 g/mol. The quantitative estimate of drug-likeness (QED) is 0.604. The van der Waals surface area contributed by atoms with E-state index in [-0.39, 0.29) is 0 Å². The van der Waals surface area contributed by atoms with Gasteiger partial charge >= 0.3 is 0 Å². The highest BCUT2D eigenvalue weighted by Crippen LogP contribution is 2.21. The highest BCUT2D eigenvalue weighted by Gasteiger charge is 2.15. The van der Waals surface area contributed by atoms with Crippen molar-refractivity contribution in [3.8, 4) is 12.3 Å². The molecule has 0 saturated heterocycles. The zero-order chi connectivity index (χ0) is 12.8. The Morgan fingerprint density at radius 3 is 2.71 bits per heavy atom. The van der Waals surface area contributed by atoms with E-state index in [1.807, 2.05) is 0 Å². The fourth-order valence-corrected chi connectivity index (χ4v) is 2.26. The molecule has 1 heterocycles. The highest BCUT2D eigenvalue weighted by atomic mass is 15.3. The molecular formula is C14H23N3. The van der Waals surface area contributed by atoms with Crippen LogP contribution in [0.1, 0.15) is 49.7 Å². The van der Waals surface area contributed by atoms with E-state index in [9.17, 15) is 0 Å². The molecule has 0 fully saturated rings. The van der Waals surface area contributed by atoms with Crippen molar-refractivity contribution in [3.63, 3.8) is 0 Å². The van der Waals surface area contributed by atoms with E-state index in [0.717, 1.165) is 31.6 Å². The zero-order valence-electron chi connectivity index (χ0n) is 11.4. The Balaban J connectivity index is 2.65. The smallest absolute Gasteiger partial charge is 0.0644 e. The fourth-order valence-electron chi connectivity index (χ4n) is 2.26. The first-order valence-electron chi connectivity index (χ1n) is 6.32. The Bertz CT molecular complexity index is 398. The van der Waals surface area contributed by atoms with Crippen LogP contribution in [0.2, 0.25) is 0 Å². The lowest BCUT2D eigenvalue weighted by Crippen LogP contribution is -2.21. The van der Waals surface area contributed by atoms with Gasteiger partial charge in [0, 0.05) is 30.3 Å². The van der Waals surface area contributed by atoms with E-state index >= 15 is 0 Å². The summed E-state index contributed by atoms with van der Waals surface area (Å²) in [6.07, 6.45) is 7.10. The fraction of sp³-hybridized carbons (Fsp3) is 0.643. The predicted molar refractivity (Wildman–Crippen MR) is 71.9 cm³/mol. The van der Waals surface area contributed by atoms with Crippen LogP contribution in [0.15, 0.2) is 0 Å². The molecule has 0 spiro atoms. The molecule has 0 aliphatic rings. The maximum atomic E-state index is 5.23. The van der Waals surface area contributed by atoms with E-state index in [2.05, 4.69) is 48.7 Å². The number of unbranched alkanes of at least 4 members (excludes halogenated alkanes) is 1. The number of nitrogens with zero attached hydrogens (tertiary/aromatic N) is 2. The van der Waals surface area contributed by atoms with Crippen molar-refractivity contribution in [1.29, 1.82) is 0 Å². The minimum atomic E-state index is 0.341. The Hall–Kier alpha value is -1.27. The van der Waals surface area contributed by atoms with Crippen LogP contribution >= 0.6 is 0 Å². The standard InChI is InChI=1S/C14H23N3/c1-6-8-9-10-15-11(3)14-12(4)16-17(7-2)13(14)5/h1,11,15H,7-10H2,2-5H3. The van der Waals surface area contributed by atoms with Gasteiger partial charge < -0.3 is 5.32 Å². The van der Waals surface area contributed by atoms with Crippen molar-refractivity contribution >= 4 is 0 Å². The lowest BCUT2D eigenvalue weighted by Gasteiger charge is -2.14. The lowest BCUT2D eigenvalue weighted by atomic mass is 10.1. The summed E-state index contributed by atoms with van der Waals surface area (Å²) in [6, 6.07) is 0.341. The van der Waals surface area contributed by atoms with Crippen LogP contribution in [0.3, 0.4) is 0 Å². The number of hydrogen-bond acceptors (Lipinski definition) is 2. The SMILES string of the molecule is C#CCCCNC(C)c1c(C)nn(CC)c1C. The Kier molecular flexibility index (Phi) is 5.24. The van der Waals surface area contributed by atoms with Gasteiger partial charge in [-0.05, 0) is 40.7 Å². The average Bonchev–Trinajstić information content (AvgIpc) is 2.59. The molecule has 0 aliphatic heterocycles. The largest absolute Gasteiger partial charge is 0.310 e. The molecule has 94 valence electrons. The van der Waals surface area contributed by atoms with Gasteiger partial charge in [0.15, 0.2) is 0 Å². The Labute approximate surface area is 105 Å². The summed E-state index contributed by atoms with van der Waals surface area (Å²) in [5.41, 5.74) is 3.72. The van der Waals surface area contributed by atoms with Crippen molar-refractivity contribution in [2.45, 2.75) is 53.1 Å². The third kappa shape index (κ3) is 3.34. The van der Waals surface area contributed by atoms with Crippen molar-refractivity contribution in [1.82, 2.24) is 15.1 Å². The number of aryl methyl sites for hydroxylation is 2. The number of hydrogen-bond donors (Lipinski definition) is 1. The Morgan fingerprint density at radius 1 is 1.47 bits per heavy atom. The van der Waals surface area contributed by atoms with E-state index < -0.39 is 0 Å². The van der Waals surface area contributed by atoms with E-state index in [1.54, 1.807) is 0 Å². The highest BCUT2D eigenvalue weighted by molar-refractivity contribution is 5.27. The summed E-state index contributed by atoms with van der Waals surface area (Å²) in [6.45, 7) is 10.4.